The third-order valence-electron chi connectivity index (χ3n) is 3.06. The van der Waals surface area contributed by atoms with E-state index in [1.807, 2.05) is 24.8 Å². The highest BCUT2D eigenvalue weighted by atomic mass is 32.2. The maximum atomic E-state index is 5.72. The largest absolute Gasteiger partial charge is 0.494 e. The Balaban J connectivity index is 2.19. The number of benzene rings is 1. The van der Waals surface area contributed by atoms with E-state index in [2.05, 4.69) is 30.4 Å². The first-order chi connectivity index (χ1) is 8.31. The number of rotatable bonds is 3. The summed E-state index contributed by atoms with van der Waals surface area (Å²) in [6, 6.07) is 9.40. The van der Waals surface area contributed by atoms with Gasteiger partial charge in [-0.1, -0.05) is 18.2 Å². The lowest BCUT2D eigenvalue weighted by atomic mass is 10.1. The molecule has 0 aliphatic carbocycles. The van der Waals surface area contributed by atoms with Gasteiger partial charge >= 0.3 is 0 Å². The molecule has 2 unspecified atom stereocenters. The number of hydrogen-bond acceptors (Lipinski definition) is 3. The van der Waals surface area contributed by atoms with Crippen LogP contribution in [-0.4, -0.2) is 24.2 Å². The van der Waals surface area contributed by atoms with Gasteiger partial charge in [0.15, 0.2) is 0 Å². The van der Waals surface area contributed by atoms with Crippen molar-refractivity contribution in [2.24, 2.45) is 0 Å². The maximum Gasteiger partial charge on any atom is 0.124 e. The predicted molar refractivity (Wildman–Crippen MR) is 74.9 cm³/mol. The summed E-state index contributed by atoms with van der Waals surface area (Å²) in [7, 11) is 0. The Bertz CT molecular complexity index is 356. The second kappa shape index (κ2) is 6.31. The van der Waals surface area contributed by atoms with Gasteiger partial charge in [-0.3, -0.25) is 0 Å². The lowest BCUT2D eigenvalue weighted by Gasteiger charge is -2.22. The monoisotopic (exact) mass is 251 g/mol. The summed E-state index contributed by atoms with van der Waals surface area (Å²) in [5.74, 6) is 3.41. The molecule has 1 heterocycles. The van der Waals surface area contributed by atoms with E-state index < -0.39 is 0 Å². The molecule has 1 fully saturated rings. The van der Waals surface area contributed by atoms with Crippen molar-refractivity contribution in [2.75, 3.05) is 18.1 Å². The highest BCUT2D eigenvalue weighted by Gasteiger charge is 2.20. The zero-order valence-electron chi connectivity index (χ0n) is 10.6. The van der Waals surface area contributed by atoms with E-state index in [4.69, 9.17) is 4.74 Å². The van der Waals surface area contributed by atoms with Crippen molar-refractivity contribution < 1.29 is 4.74 Å². The third-order valence-corrected chi connectivity index (χ3v) is 4.15. The number of ether oxygens (including phenoxy) is 1. The van der Waals surface area contributed by atoms with Crippen LogP contribution in [0.25, 0.3) is 0 Å². The number of nitrogens with one attached hydrogen (secondary N) is 1. The molecule has 0 saturated carbocycles. The minimum atomic E-state index is 0.417. The Labute approximate surface area is 108 Å². The van der Waals surface area contributed by atoms with Crippen molar-refractivity contribution >= 4 is 11.8 Å². The molecule has 1 aliphatic rings. The van der Waals surface area contributed by atoms with Gasteiger partial charge in [0, 0.05) is 23.4 Å². The molecule has 2 atom stereocenters. The highest BCUT2D eigenvalue weighted by molar-refractivity contribution is 7.99. The quantitative estimate of drug-likeness (QED) is 0.891. The Morgan fingerprint density at radius 3 is 3.06 bits per heavy atom. The first-order valence-electron chi connectivity index (χ1n) is 6.36. The van der Waals surface area contributed by atoms with E-state index >= 15 is 0 Å². The topological polar surface area (TPSA) is 21.3 Å². The molecule has 3 heteroatoms. The van der Waals surface area contributed by atoms with E-state index in [-0.39, 0.29) is 0 Å². The van der Waals surface area contributed by atoms with Crippen LogP contribution in [0.3, 0.4) is 0 Å². The molecule has 94 valence electrons. The van der Waals surface area contributed by atoms with E-state index in [0.29, 0.717) is 12.1 Å². The fraction of sp³-hybridized carbons (Fsp3) is 0.571. The molecule has 17 heavy (non-hydrogen) atoms. The molecular formula is C14H21NOS. The maximum absolute atomic E-state index is 5.72. The SMILES string of the molecule is CCOc1ccccc1C1CSCCC(C)N1. The highest BCUT2D eigenvalue weighted by Crippen LogP contribution is 2.30. The average Bonchev–Trinajstić information content (AvgIpc) is 2.55. The van der Waals surface area contributed by atoms with Crippen LogP contribution in [0.15, 0.2) is 24.3 Å². The second-order valence-corrected chi connectivity index (χ2v) is 5.60. The zero-order valence-corrected chi connectivity index (χ0v) is 11.4. The Hall–Kier alpha value is -0.670. The molecule has 0 aromatic heterocycles. The molecule has 1 aliphatic heterocycles. The van der Waals surface area contributed by atoms with E-state index in [1.54, 1.807) is 0 Å². The van der Waals surface area contributed by atoms with E-state index in [9.17, 15) is 0 Å². The summed E-state index contributed by atoms with van der Waals surface area (Å²) < 4.78 is 5.72. The molecule has 1 N–H and O–H groups in total. The summed E-state index contributed by atoms with van der Waals surface area (Å²) in [5.41, 5.74) is 1.30. The fourth-order valence-electron chi connectivity index (χ4n) is 2.17. The first-order valence-corrected chi connectivity index (χ1v) is 7.52. The molecule has 2 rings (SSSR count). The lowest BCUT2D eigenvalue weighted by molar-refractivity contribution is 0.331. The van der Waals surface area contributed by atoms with Crippen LogP contribution in [0, 0.1) is 0 Å². The minimum Gasteiger partial charge on any atom is -0.494 e. The van der Waals surface area contributed by atoms with Gasteiger partial charge in [0.05, 0.1) is 6.61 Å². The van der Waals surface area contributed by atoms with E-state index in [1.165, 1.54) is 17.7 Å². The summed E-state index contributed by atoms with van der Waals surface area (Å²) in [6.07, 6.45) is 1.25. The average molecular weight is 251 g/mol. The van der Waals surface area contributed by atoms with Crippen molar-refractivity contribution in [2.45, 2.75) is 32.4 Å². The van der Waals surface area contributed by atoms with Gasteiger partial charge in [0.25, 0.3) is 0 Å². The molecule has 2 nitrogen and oxygen atoms in total. The summed E-state index contributed by atoms with van der Waals surface area (Å²) in [5, 5.41) is 3.69. The third kappa shape index (κ3) is 3.39. The zero-order chi connectivity index (χ0) is 12.1. The van der Waals surface area contributed by atoms with Crippen LogP contribution < -0.4 is 10.1 Å². The number of thioether (sulfide) groups is 1. The predicted octanol–water partition coefficient (Wildman–Crippen LogP) is 3.24. The van der Waals surface area contributed by atoms with Crippen molar-refractivity contribution in [3.05, 3.63) is 29.8 Å². The van der Waals surface area contributed by atoms with Crippen LogP contribution in [0.2, 0.25) is 0 Å². The van der Waals surface area contributed by atoms with Crippen molar-refractivity contribution in [3.63, 3.8) is 0 Å². The van der Waals surface area contributed by atoms with Gasteiger partial charge in [-0.2, -0.15) is 11.8 Å². The Morgan fingerprint density at radius 2 is 2.24 bits per heavy atom. The van der Waals surface area contributed by atoms with Crippen molar-refractivity contribution in [1.29, 1.82) is 0 Å². The molecular weight excluding hydrogens is 230 g/mol. The van der Waals surface area contributed by atoms with Crippen LogP contribution in [0.1, 0.15) is 31.9 Å². The van der Waals surface area contributed by atoms with Crippen LogP contribution in [0.4, 0.5) is 0 Å². The van der Waals surface area contributed by atoms with Gasteiger partial charge in [-0.05, 0) is 32.1 Å². The van der Waals surface area contributed by atoms with Gasteiger partial charge < -0.3 is 10.1 Å². The number of hydrogen-bond donors (Lipinski definition) is 1. The van der Waals surface area contributed by atoms with Crippen molar-refractivity contribution in [1.82, 2.24) is 5.32 Å². The fourth-order valence-corrected chi connectivity index (χ4v) is 3.37. The molecule has 0 amide bonds. The van der Waals surface area contributed by atoms with Crippen LogP contribution >= 0.6 is 11.8 Å². The normalized spacial score (nSPS) is 25.3. The van der Waals surface area contributed by atoms with Gasteiger partial charge in [0.1, 0.15) is 5.75 Å². The van der Waals surface area contributed by atoms with Crippen LogP contribution in [0.5, 0.6) is 5.75 Å². The van der Waals surface area contributed by atoms with Gasteiger partial charge in [0.2, 0.25) is 0 Å². The molecule has 1 aromatic rings. The Kier molecular flexibility index (Phi) is 4.75. The lowest BCUT2D eigenvalue weighted by Crippen LogP contribution is -2.30. The summed E-state index contributed by atoms with van der Waals surface area (Å²) in [6.45, 7) is 5.03. The van der Waals surface area contributed by atoms with E-state index in [0.717, 1.165) is 18.1 Å². The van der Waals surface area contributed by atoms with Gasteiger partial charge in [-0.25, -0.2) is 0 Å². The molecule has 0 bridgehead atoms. The number of para-hydroxylation sites is 1. The molecule has 0 spiro atoms. The van der Waals surface area contributed by atoms with Crippen LogP contribution in [-0.2, 0) is 0 Å². The molecule has 1 aromatic carbocycles. The Morgan fingerprint density at radius 1 is 1.41 bits per heavy atom. The summed E-state index contributed by atoms with van der Waals surface area (Å²) in [4.78, 5) is 0. The molecule has 1 saturated heterocycles. The first kappa shape index (κ1) is 12.8. The molecule has 0 radical (unpaired) electrons. The summed E-state index contributed by atoms with van der Waals surface area (Å²) >= 11 is 2.03. The second-order valence-electron chi connectivity index (χ2n) is 4.45. The smallest absolute Gasteiger partial charge is 0.124 e. The van der Waals surface area contributed by atoms with Gasteiger partial charge in [-0.15, -0.1) is 0 Å². The van der Waals surface area contributed by atoms with Crippen molar-refractivity contribution in [3.8, 4) is 5.75 Å². The minimum absolute atomic E-state index is 0.417. The standard InChI is InChI=1S/C14H21NOS/c1-3-16-14-7-5-4-6-12(14)13-10-17-9-8-11(2)15-13/h4-7,11,13,15H,3,8-10H2,1-2H3.